The third-order valence-electron chi connectivity index (χ3n) is 4.29. The maximum absolute atomic E-state index is 11.8. The van der Waals surface area contributed by atoms with Crippen LogP contribution in [0.5, 0.6) is 0 Å². The van der Waals surface area contributed by atoms with Crippen LogP contribution < -0.4 is 10.2 Å². The van der Waals surface area contributed by atoms with Crippen molar-refractivity contribution in [3.8, 4) is 0 Å². The molecule has 1 amide bonds. The molecule has 22 heavy (non-hydrogen) atoms. The van der Waals surface area contributed by atoms with E-state index in [2.05, 4.69) is 31.3 Å². The molecule has 3 atom stereocenters. The number of hydrogen-bond acceptors (Lipinski definition) is 3. The molecule has 0 radical (unpaired) electrons. The highest BCUT2D eigenvalue weighted by atomic mass is 16.3. The monoisotopic (exact) mass is 304 g/mol. The van der Waals surface area contributed by atoms with Gasteiger partial charge < -0.3 is 15.3 Å². The maximum Gasteiger partial charge on any atom is 0.227 e. The molecule has 4 nitrogen and oxygen atoms in total. The van der Waals surface area contributed by atoms with Gasteiger partial charge in [0.1, 0.15) is 0 Å². The minimum Gasteiger partial charge on any atom is -0.393 e. The van der Waals surface area contributed by atoms with E-state index in [1.54, 1.807) is 0 Å². The molecule has 1 saturated heterocycles. The zero-order chi connectivity index (χ0) is 16.1. The van der Waals surface area contributed by atoms with Crippen LogP contribution in [0, 0.1) is 5.92 Å². The van der Waals surface area contributed by atoms with Crippen molar-refractivity contribution in [2.24, 2.45) is 5.92 Å². The molecule has 1 aromatic carbocycles. The Labute approximate surface area is 133 Å². The second kappa shape index (κ2) is 7.75. The highest BCUT2D eigenvalue weighted by molar-refractivity contribution is 5.95. The molecule has 1 heterocycles. The number of anilines is 1. The SMILES string of the molecule is CC(O)CC(C)CNC(C)c1ccc(N2CCCC2=O)cc1. The standard InChI is InChI=1S/C18H28N2O2/c1-13(11-14(2)21)12-19-15(3)16-6-8-17(9-7-16)20-10-4-5-18(20)22/h6-9,13-15,19,21H,4-5,10-12H2,1-3H3. The number of nitrogens with zero attached hydrogens (tertiary/aromatic N) is 1. The Morgan fingerprint density at radius 1 is 1.23 bits per heavy atom. The van der Waals surface area contributed by atoms with Gasteiger partial charge in [-0.3, -0.25) is 4.79 Å². The molecule has 0 bridgehead atoms. The lowest BCUT2D eigenvalue weighted by Gasteiger charge is -2.20. The number of carbonyl (C=O) groups excluding carboxylic acids is 1. The predicted octanol–water partition coefficient (Wildman–Crippen LogP) is 2.87. The molecular formula is C18H28N2O2. The molecule has 2 rings (SSSR count). The van der Waals surface area contributed by atoms with E-state index in [1.165, 1.54) is 5.56 Å². The number of aliphatic hydroxyl groups is 1. The molecule has 0 saturated carbocycles. The number of rotatable bonds is 7. The van der Waals surface area contributed by atoms with Crippen LogP contribution in [-0.2, 0) is 4.79 Å². The number of carbonyl (C=O) groups is 1. The van der Waals surface area contributed by atoms with E-state index >= 15 is 0 Å². The molecule has 122 valence electrons. The summed E-state index contributed by atoms with van der Waals surface area (Å²) >= 11 is 0. The Bertz CT molecular complexity index is 484. The van der Waals surface area contributed by atoms with E-state index in [9.17, 15) is 9.90 Å². The second-order valence-corrected chi connectivity index (χ2v) is 6.56. The summed E-state index contributed by atoms with van der Waals surface area (Å²) in [6, 6.07) is 8.53. The van der Waals surface area contributed by atoms with E-state index in [-0.39, 0.29) is 18.1 Å². The number of amides is 1. The van der Waals surface area contributed by atoms with Gasteiger partial charge in [0.25, 0.3) is 0 Å². The van der Waals surface area contributed by atoms with Gasteiger partial charge in [-0.1, -0.05) is 19.1 Å². The summed E-state index contributed by atoms with van der Waals surface area (Å²) in [7, 11) is 0. The van der Waals surface area contributed by atoms with Crippen molar-refractivity contribution in [1.82, 2.24) is 5.32 Å². The summed E-state index contributed by atoms with van der Waals surface area (Å²) in [5.41, 5.74) is 2.22. The maximum atomic E-state index is 11.8. The number of hydrogen-bond donors (Lipinski definition) is 2. The van der Waals surface area contributed by atoms with Crippen molar-refractivity contribution in [1.29, 1.82) is 0 Å². The highest BCUT2D eigenvalue weighted by Gasteiger charge is 2.21. The molecule has 1 aromatic rings. The first-order valence-corrected chi connectivity index (χ1v) is 8.29. The molecule has 0 aliphatic carbocycles. The average Bonchev–Trinajstić information content (AvgIpc) is 2.90. The number of nitrogens with one attached hydrogen (secondary N) is 1. The quantitative estimate of drug-likeness (QED) is 0.814. The molecule has 0 spiro atoms. The molecule has 1 aliphatic rings. The zero-order valence-electron chi connectivity index (χ0n) is 13.9. The molecule has 1 aliphatic heterocycles. The summed E-state index contributed by atoms with van der Waals surface area (Å²) in [4.78, 5) is 13.6. The third kappa shape index (κ3) is 4.55. The van der Waals surface area contributed by atoms with Gasteiger partial charge in [0.15, 0.2) is 0 Å². The Morgan fingerprint density at radius 3 is 2.45 bits per heavy atom. The van der Waals surface area contributed by atoms with Crippen molar-refractivity contribution in [3.05, 3.63) is 29.8 Å². The Morgan fingerprint density at radius 2 is 1.91 bits per heavy atom. The topological polar surface area (TPSA) is 52.6 Å². The van der Waals surface area contributed by atoms with Gasteiger partial charge in [0.2, 0.25) is 5.91 Å². The zero-order valence-corrected chi connectivity index (χ0v) is 13.9. The van der Waals surface area contributed by atoms with E-state index in [4.69, 9.17) is 0 Å². The van der Waals surface area contributed by atoms with Crippen LogP contribution in [0.25, 0.3) is 0 Å². The molecule has 2 N–H and O–H groups in total. The average molecular weight is 304 g/mol. The summed E-state index contributed by atoms with van der Waals surface area (Å²) in [5.74, 6) is 0.676. The van der Waals surface area contributed by atoms with Crippen molar-refractivity contribution in [2.45, 2.75) is 52.2 Å². The highest BCUT2D eigenvalue weighted by Crippen LogP contribution is 2.23. The van der Waals surface area contributed by atoms with Crippen molar-refractivity contribution in [3.63, 3.8) is 0 Å². The van der Waals surface area contributed by atoms with E-state index in [1.807, 2.05) is 24.0 Å². The summed E-state index contributed by atoms with van der Waals surface area (Å²) in [6.45, 7) is 7.85. The van der Waals surface area contributed by atoms with Crippen LogP contribution in [-0.4, -0.2) is 30.2 Å². The van der Waals surface area contributed by atoms with Crippen LogP contribution in [0.4, 0.5) is 5.69 Å². The van der Waals surface area contributed by atoms with Crippen LogP contribution in [0.1, 0.15) is 51.6 Å². The molecule has 1 fully saturated rings. The lowest BCUT2D eigenvalue weighted by molar-refractivity contribution is -0.117. The van der Waals surface area contributed by atoms with Gasteiger partial charge in [-0.2, -0.15) is 0 Å². The fraction of sp³-hybridized carbons (Fsp3) is 0.611. The molecule has 3 unspecified atom stereocenters. The molecular weight excluding hydrogens is 276 g/mol. The lowest BCUT2D eigenvalue weighted by Crippen LogP contribution is -2.26. The summed E-state index contributed by atoms with van der Waals surface area (Å²) in [5, 5.41) is 12.9. The van der Waals surface area contributed by atoms with Gasteiger partial charge in [-0.25, -0.2) is 0 Å². The van der Waals surface area contributed by atoms with Gasteiger partial charge in [0, 0.05) is 24.7 Å². The first kappa shape index (κ1) is 17.0. The first-order valence-electron chi connectivity index (χ1n) is 8.29. The van der Waals surface area contributed by atoms with Gasteiger partial charge in [0.05, 0.1) is 6.10 Å². The van der Waals surface area contributed by atoms with Gasteiger partial charge >= 0.3 is 0 Å². The largest absolute Gasteiger partial charge is 0.393 e. The van der Waals surface area contributed by atoms with Crippen LogP contribution in [0.3, 0.4) is 0 Å². The summed E-state index contributed by atoms with van der Waals surface area (Å²) < 4.78 is 0. The van der Waals surface area contributed by atoms with E-state index in [0.717, 1.165) is 31.6 Å². The first-order chi connectivity index (χ1) is 10.5. The number of benzene rings is 1. The smallest absolute Gasteiger partial charge is 0.227 e. The molecule has 0 aromatic heterocycles. The number of aliphatic hydroxyl groups excluding tert-OH is 1. The van der Waals surface area contributed by atoms with Gasteiger partial charge in [-0.05, 0) is 56.8 Å². The van der Waals surface area contributed by atoms with Crippen LogP contribution in [0.15, 0.2) is 24.3 Å². The van der Waals surface area contributed by atoms with E-state index < -0.39 is 0 Å². The Kier molecular flexibility index (Phi) is 5.98. The minimum atomic E-state index is -0.246. The molecule has 4 heteroatoms. The predicted molar refractivity (Wildman–Crippen MR) is 89.9 cm³/mol. The normalized spacial score (nSPS) is 19.3. The Balaban J connectivity index is 1.88. The fourth-order valence-electron chi connectivity index (χ4n) is 3.03. The van der Waals surface area contributed by atoms with Crippen molar-refractivity contribution >= 4 is 11.6 Å². The lowest BCUT2D eigenvalue weighted by atomic mass is 10.0. The van der Waals surface area contributed by atoms with Crippen molar-refractivity contribution < 1.29 is 9.90 Å². The fourth-order valence-corrected chi connectivity index (χ4v) is 3.03. The van der Waals surface area contributed by atoms with Gasteiger partial charge in [-0.15, -0.1) is 0 Å². The van der Waals surface area contributed by atoms with Crippen molar-refractivity contribution in [2.75, 3.05) is 18.0 Å². The van der Waals surface area contributed by atoms with E-state index in [0.29, 0.717) is 12.3 Å². The van der Waals surface area contributed by atoms with Crippen LogP contribution >= 0.6 is 0 Å². The third-order valence-corrected chi connectivity index (χ3v) is 4.29. The minimum absolute atomic E-state index is 0.228. The van der Waals surface area contributed by atoms with Crippen LogP contribution in [0.2, 0.25) is 0 Å². The Hall–Kier alpha value is -1.39. The summed E-state index contributed by atoms with van der Waals surface area (Å²) in [6.07, 6.45) is 2.19. The second-order valence-electron chi connectivity index (χ2n) is 6.56.